The van der Waals surface area contributed by atoms with Crippen LogP contribution < -0.4 is 0 Å². The predicted molar refractivity (Wildman–Crippen MR) is 115 cm³/mol. The number of rotatable bonds is 6. The number of carbonyl (C=O) groups excluding carboxylic acids is 2. The summed E-state index contributed by atoms with van der Waals surface area (Å²) in [5.74, 6) is 1.40. The molecule has 6 rings (SSSR count). The van der Waals surface area contributed by atoms with Crippen LogP contribution in [0.3, 0.4) is 0 Å². The molecular weight excluding hydrogens is 414 g/mol. The Morgan fingerprint density at radius 2 is 1.61 bits per heavy atom. The monoisotopic (exact) mass is 445 g/mol. The highest BCUT2D eigenvalue weighted by Crippen LogP contribution is 2.60. The van der Waals surface area contributed by atoms with Gasteiger partial charge in [0.2, 0.25) is 10.0 Å². The molecule has 4 saturated carbocycles. The molecule has 4 bridgehead atoms. The number of carbonyl (C=O) groups is 2. The molecule has 4 aliphatic carbocycles. The number of nitrogens with zero attached hydrogens (tertiary/aromatic N) is 1. The molecule has 0 N–H and O–H groups in total. The molecule has 1 atom stereocenters. The van der Waals surface area contributed by atoms with Crippen molar-refractivity contribution in [3.8, 4) is 0 Å². The first-order valence-electron chi connectivity index (χ1n) is 11.6. The fraction of sp³-hybridized carbons (Fsp3) is 0.667. The summed E-state index contributed by atoms with van der Waals surface area (Å²) in [6.07, 6.45) is 7.59. The first kappa shape index (κ1) is 21.1. The molecule has 5 aliphatic rings. The van der Waals surface area contributed by atoms with Crippen LogP contribution in [0.5, 0.6) is 0 Å². The summed E-state index contributed by atoms with van der Waals surface area (Å²) in [4.78, 5) is 26.2. The molecule has 1 aromatic rings. The van der Waals surface area contributed by atoms with Gasteiger partial charge in [-0.2, -0.15) is 4.31 Å². The molecule has 1 aliphatic heterocycles. The number of sulfonamides is 1. The minimum absolute atomic E-state index is 0.0471. The van der Waals surface area contributed by atoms with Gasteiger partial charge >= 0.3 is 5.97 Å². The number of ether oxygens (including phenoxy) is 1. The number of esters is 1. The molecule has 31 heavy (non-hydrogen) atoms. The molecule has 0 spiro atoms. The van der Waals surface area contributed by atoms with Crippen molar-refractivity contribution in [2.24, 2.45) is 23.2 Å². The standard InChI is InChI=1S/C24H31NO5S/c1-16-4-6-20(7-5-16)31(28,29)25-8-2-3-21(25)23(27)30-15-22(26)24-12-17-9-18(13-24)11-19(10-17)14-24/h4-7,17-19,21H,2-3,8-15H2,1H3. The van der Waals surface area contributed by atoms with E-state index >= 15 is 0 Å². The fourth-order valence-corrected chi connectivity index (χ4v) is 8.59. The summed E-state index contributed by atoms with van der Waals surface area (Å²) in [6, 6.07) is 5.79. The number of benzene rings is 1. The SMILES string of the molecule is Cc1ccc(S(=O)(=O)N2CCCC2C(=O)OCC(=O)C23CC4CC(CC(C4)C2)C3)cc1. The molecule has 1 unspecified atom stereocenters. The predicted octanol–water partition coefficient (Wildman–Crippen LogP) is 3.48. The van der Waals surface area contributed by atoms with Crippen molar-refractivity contribution in [2.75, 3.05) is 13.2 Å². The van der Waals surface area contributed by atoms with E-state index in [-0.39, 0.29) is 22.7 Å². The number of hydrogen-bond acceptors (Lipinski definition) is 5. The number of ketones is 1. The Hall–Kier alpha value is -1.73. The van der Waals surface area contributed by atoms with Crippen LogP contribution in [-0.4, -0.2) is 43.7 Å². The molecule has 1 heterocycles. The molecule has 0 radical (unpaired) electrons. The van der Waals surface area contributed by atoms with Crippen molar-refractivity contribution < 1.29 is 22.7 Å². The average Bonchev–Trinajstić information content (AvgIpc) is 3.22. The zero-order valence-corrected chi connectivity index (χ0v) is 18.9. The van der Waals surface area contributed by atoms with Crippen molar-refractivity contribution in [1.82, 2.24) is 4.31 Å². The van der Waals surface area contributed by atoms with Gasteiger partial charge in [0, 0.05) is 12.0 Å². The second-order valence-corrected chi connectivity index (χ2v) is 12.2. The molecule has 1 saturated heterocycles. The van der Waals surface area contributed by atoms with Crippen LogP contribution in [0.4, 0.5) is 0 Å². The van der Waals surface area contributed by atoms with Gasteiger partial charge in [-0.3, -0.25) is 9.59 Å². The molecule has 7 heteroatoms. The third-order valence-electron chi connectivity index (χ3n) is 8.08. The summed E-state index contributed by atoms with van der Waals surface area (Å²) >= 11 is 0. The van der Waals surface area contributed by atoms with Crippen LogP contribution in [0.15, 0.2) is 29.2 Å². The lowest BCUT2D eigenvalue weighted by Gasteiger charge is -2.55. The fourth-order valence-electron chi connectivity index (χ4n) is 6.95. The number of Topliss-reactive ketones (excluding diaryl/α,β-unsaturated/α-hetero) is 1. The minimum Gasteiger partial charge on any atom is -0.456 e. The van der Waals surface area contributed by atoms with E-state index in [1.165, 1.54) is 23.6 Å². The van der Waals surface area contributed by atoms with Gasteiger partial charge in [0.1, 0.15) is 6.04 Å². The van der Waals surface area contributed by atoms with E-state index in [4.69, 9.17) is 4.74 Å². The van der Waals surface area contributed by atoms with Gasteiger partial charge < -0.3 is 4.74 Å². The second-order valence-electron chi connectivity index (χ2n) is 10.3. The van der Waals surface area contributed by atoms with E-state index in [1.807, 2.05) is 6.92 Å². The molecule has 0 amide bonds. The second kappa shape index (κ2) is 7.69. The van der Waals surface area contributed by atoms with E-state index in [0.717, 1.165) is 24.8 Å². The molecule has 6 nitrogen and oxygen atoms in total. The third kappa shape index (κ3) is 3.74. The van der Waals surface area contributed by atoms with Crippen LogP contribution in [0, 0.1) is 30.1 Å². The Labute approximate surface area is 184 Å². The van der Waals surface area contributed by atoms with Crippen LogP contribution in [0.25, 0.3) is 0 Å². The highest BCUT2D eigenvalue weighted by Gasteiger charge is 2.54. The normalized spacial score (nSPS) is 34.7. The quantitative estimate of drug-likeness (QED) is 0.626. The van der Waals surface area contributed by atoms with Gasteiger partial charge in [0.15, 0.2) is 12.4 Å². The summed E-state index contributed by atoms with van der Waals surface area (Å²) in [5, 5.41) is 0. The van der Waals surface area contributed by atoms with Crippen molar-refractivity contribution in [1.29, 1.82) is 0 Å². The van der Waals surface area contributed by atoms with Crippen LogP contribution in [0.1, 0.15) is 56.9 Å². The average molecular weight is 446 g/mol. The largest absolute Gasteiger partial charge is 0.456 e. The first-order valence-corrected chi connectivity index (χ1v) is 13.0. The summed E-state index contributed by atoms with van der Waals surface area (Å²) in [6.45, 7) is 1.96. The maximum atomic E-state index is 13.1. The first-order chi connectivity index (χ1) is 14.8. The van der Waals surface area contributed by atoms with E-state index in [9.17, 15) is 18.0 Å². The van der Waals surface area contributed by atoms with E-state index in [2.05, 4.69) is 0 Å². The topological polar surface area (TPSA) is 80.8 Å². The Morgan fingerprint density at radius 1 is 1.03 bits per heavy atom. The molecular formula is C24H31NO5S. The summed E-state index contributed by atoms with van der Waals surface area (Å²) in [5.41, 5.74) is 0.665. The van der Waals surface area contributed by atoms with Gasteiger partial charge in [0.25, 0.3) is 0 Å². The van der Waals surface area contributed by atoms with Crippen molar-refractivity contribution >= 4 is 21.8 Å². The summed E-state index contributed by atoms with van der Waals surface area (Å²) < 4.78 is 32.9. The van der Waals surface area contributed by atoms with Crippen molar-refractivity contribution in [2.45, 2.75) is 69.2 Å². The minimum atomic E-state index is -3.78. The Kier molecular flexibility index (Phi) is 5.25. The molecule has 1 aromatic carbocycles. The lowest BCUT2D eigenvalue weighted by Crippen LogP contribution is -2.51. The lowest BCUT2D eigenvalue weighted by molar-refractivity contribution is -0.159. The Bertz CT molecular complexity index is 948. The smallest absolute Gasteiger partial charge is 0.324 e. The van der Waals surface area contributed by atoms with Crippen LogP contribution >= 0.6 is 0 Å². The van der Waals surface area contributed by atoms with Gasteiger partial charge in [0.05, 0.1) is 4.90 Å². The summed E-state index contributed by atoms with van der Waals surface area (Å²) in [7, 11) is -3.78. The lowest BCUT2D eigenvalue weighted by atomic mass is 9.48. The van der Waals surface area contributed by atoms with Crippen molar-refractivity contribution in [3.05, 3.63) is 29.8 Å². The zero-order valence-electron chi connectivity index (χ0n) is 18.1. The number of aryl methyl sites for hydroxylation is 1. The highest BCUT2D eigenvalue weighted by atomic mass is 32.2. The Morgan fingerprint density at radius 3 is 2.19 bits per heavy atom. The van der Waals surface area contributed by atoms with E-state index < -0.39 is 22.0 Å². The van der Waals surface area contributed by atoms with E-state index in [0.29, 0.717) is 37.1 Å². The molecule has 0 aromatic heterocycles. The highest BCUT2D eigenvalue weighted by molar-refractivity contribution is 7.89. The number of hydrogen-bond donors (Lipinski definition) is 0. The van der Waals surface area contributed by atoms with Crippen LogP contribution in [-0.2, 0) is 24.3 Å². The van der Waals surface area contributed by atoms with Crippen LogP contribution in [0.2, 0.25) is 0 Å². The van der Waals surface area contributed by atoms with Crippen molar-refractivity contribution in [3.63, 3.8) is 0 Å². The third-order valence-corrected chi connectivity index (χ3v) is 10.0. The van der Waals surface area contributed by atoms with E-state index in [1.54, 1.807) is 24.3 Å². The Balaban J connectivity index is 1.25. The maximum Gasteiger partial charge on any atom is 0.324 e. The molecule has 168 valence electrons. The van der Waals surface area contributed by atoms with Gasteiger partial charge in [-0.05, 0) is 88.2 Å². The van der Waals surface area contributed by atoms with Gasteiger partial charge in [-0.15, -0.1) is 0 Å². The zero-order chi connectivity index (χ0) is 21.8. The van der Waals surface area contributed by atoms with Gasteiger partial charge in [-0.25, -0.2) is 8.42 Å². The molecule has 5 fully saturated rings. The maximum absolute atomic E-state index is 13.1. The van der Waals surface area contributed by atoms with Gasteiger partial charge in [-0.1, -0.05) is 17.7 Å².